The quantitative estimate of drug-likeness (QED) is 0.476. The Balaban J connectivity index is 2.30. The van der Waals surface area contributed by atoms with Gasteiger partial charge in [0.1, 0.15) is 0 Å². The minimum Gasteiger partial charge on any atom is -0.469 e. The molecular formula is C12H15NO3S. The van der Waals surface area contributed by atoms with Gasteiger partial charge >= 0.3 is 5.97 Å². The minimum absolute atomic E-state index is 0.150. The molecule has 17 heavy (non-hydrogen) atoms. The average molecular weight is 253 g/mol. The largest absolute Gasteiger partial charge is 0.469 e. The number of benzene rings is 1. The van der Waals surface area contributed by atoms with Crippen LogP contribution in [0.3, 0.4) is 0 Å². The molecule has 4 nitrogen and oxygen atoms in total. The number of esters is 1. The Morgan fingerprint density at radius 1 is 1.29 bits per heavy atom. The van der Waals surface area contributed by atoms with Gasteiger partial charge in [-0.2, -0.15) is 0 Å². The van der Waals surface area contributed by atoms with Gasteiger partial charge in [0.15, 0.2) is 0 Å². The molecule has 1 rings (SSSR count). The number of thiol groups is 1. The van der Waals surface area contributed by atoms with Crippen LogP contribution in [0.1, 0.15) is 23.2 Å². The maximum absolute atomic E-state index is 11.6. The van der Waals surface area contributed by atoms with Crippen LogP contribution in [-0.4, -0.2) is 25.5 Å². The molecule has 0 heterocycles. The molecular weight excluding hydrogens is 238 g/mol. The zero-order valence-electron chi connectivity index (χ0n) is 9.60. The van der Waals surface area contributed by atoms with Crippen LogP contribution in [0.25, 0.3) is 0 Å². The van der Waals surface area contributed by atoms with Gasteiger partial charge in [0.25, 0.3) is 5.91 Å². The first-order valence-electron chi connectivity index (χ1n) is 5.27. The Labute approximate surface area is 106 Å². The lowest BCUT2D eigenvalue weighted by atomic mass is 10.2. The van der Waals surface area contributed by atoms with Crippen LogP contribution in [0.5, 0.6) is 0 Å². The fraction of sp³-hybridized carbons (Fsp3) is 0.333. The fourth-order valence-electron chi connectivity index (χ4n) is 1.25. The number of hydrogen-bond acceptors (Lipinski definition) is 4. The summed E-state index contributed by atoms with van der Waals surface area (Å²) in [6, 6.07) is 6.93. The highest BCUT2D eigenvalue weighted by atomic mass is 32.1. The van der Waals surface area contributed by atoms with Crippen molar-refractivity contribution < 1.29 is 14.3 Å². The van der Waals surface area contributed by atoms with E-state index >= 15 is 0 Å². The summed E-state index contributed by atoms with van der Waals surface area (Å²) in [6.45, 7) is 0.455. The highest BCUT2D eigenvalue weighted by Gasteiger charge is 2.05. The predicted octanol–water partition coefficient (Wildman–Crippen LogP) is 1.66. The summed E-state index contributed by atoms with van der Waals surface area (Å²) >= 11 is 4.14. The van der Waals surface area contributed by atoms with E-state index in [0.29, 0.717) is 24.9 Å². The van der Waals surface area contributed by atoms with Crippen molar-refractivity contribution in [1.29, 1.82) is 0 Å². The van der Waals surface area contributed by atoms with Crippen LogP contribution < -0.4 is 5.32 Å². The van der Waals surface area contributed by atoms with Crippen LogP contribution in [0.4, 0.5) is 0 Å². The molecule has 5 heteroatoms. The number of methoxy groups -OCH3 is 1. The second kappa shape index (κ2) is 6.96. The smallest absolute Gasteiger partial charge is 0.305 e. The normalized spacial score (nSPS) is 9.76. The van der Waals surface area contributed by atoms with Crippen LogP contribution in [0, 0.1) is 0 Å². The number of nitrogens with one attached hydrogen (secondary N) is 1. The number of carbonyl (C=O) groups excluding carboxylic acids is 2. The molecule has 1 aromatic rings. The second-order valence-electron chi connectivity index (χ2n) is 3.48. The summed E-state index contributed by atoms with van der Waals surface area (Å²) in [5, 5.41) is 2.73. The number of rotatable bonds is 5. The van der Waals surface area contributed by atoms with Crippen molar-refractivity contribution in [2.24, 2.45) is 0 Å². The molecule has 0 aromatic heterocycles. The Morgan fingerprint density at radius 3 is 2.53 bits per heavy atom. The summed E-state index contributed by atoms with van der Waals surface area (Å²) in [6.07, 6.45) is 0.884. The SMILES string of the molecule is COC(=O)CCCNC(=O)c1ccc(S)cc1. The number of ether oxygens (including phenoxy) is 1. The first kappa shape index (κ1) is 13.6. The number of amides is 1. The highest BCUT2D eigenvalue weighted by Crippen LogP contribution is 2.07. The molecule has 0 saturated heterocycles. The van der Waals surface area contributed by atoms with Crippen molar-refractivity contribution in [1.82, 2.24) is 5.32 Å². The third kappa shape index (κ3) is 4.91. The minimum atomic E-state index is -0.265. The maximum atomic E-state index is 11.6. The van der Waals surface area contributed by atoms with Crippen LogP contribution in [-0.2, 0) is 9.53 Å². The molecule has 0 aliphatic heterocycles. The molecule has 0 fully saturated rings. The molecule has 0 saturated carbocycles. The van der Waals surface area contributed by atoms with Gasteiger partial charge in [0.2, 0.25) is 0 Å². The van der Waals surface area contributed by atoms with Crippen molar-refractivity contribution in [2.45, 2.75) is 17.7 Å². The van der Waals surface area contributed by atoms with Crippen molar-refractivity contribution in [3.63, 3.8) is 0 Å². The lowest BCUT2D eigenvalue weighted by molar-refractivity contribution is -0.140. The molecule has 1 amide bonds. The van der Waals surface area contributed by atoms with Crippen LogP contribution in [0.15, 0.2) is 29.2 Å². The summed E-state index contributed by atoms with van der Waals surface area (Å²) in [7, 11) is 1.35. The monoisotopic (exact) mass is 253 g/mol. The van der Waals surface area contributed by atoms with Crippen LogP contribution in [0.2, 0.25) is 0 Å². The summed E-state index contributed by atoms with van der Waals surface area (Å²) in [5.74, 6) is -0.415. The number of carbonyl (C=O) groups is 2. The zero-order valence-corrected chi connectivity index (χ0v) is 10.5. The van der Waals surface area contributed by atoms with E-state index in [-0.39, 0.29) is 11.9 Å². The summed E-state index contributed by atoms with van der Waals surface area (Å²) in [4.78, 5) is 23.3. The van der Waals surface area contributed by atoms with Gasteiger partial charge in [-0.1, -0.05) is 0 Å². The molecule has 1 N–H and O–H groups in total. The van der Waals surface area contributed by atoms with Gasteiger partial charge in [-0.15, -0.1) is 12.6 Å². The lowest BCUT2D eigenvalue weighted by Gasteiger charge is -2.04. The van der Waals surface area contributed by atoms with Crippen molar-refractivity contribution in [3.8, 4) is 0 Å². The fourth-order valence-corrected chi connectivity index (χ4v) is 1.40. The molecule has 0 aliphatic rings. The highest BCUT2D eigenvalue weighted by molar-refractivity contribution is 7.80. The Bertz CT molecular complexity index is 389. The van der Waals surface area contributed by atoms with Gasteiger partial charge < -0.3 is 10.1 Å². The van der Waals surface area contributed by atoms with E-state index in [9.17, 15) is 9.59 Å². The Kier molecular flexibility index (Phi) is 5.56. The molecule has 1 aromatic carbocycles. The standard InChI is InChI=1S/C12H15NO3S/c1-16-11(14)3-2-8-13-12(15)9-4-6-10(17)7-5-9/h4-7,17H,2-3,8H2,1H3,(H,13,15). The zero-order chi connectivity index (χ0) is 12.7. The van der Waals surface area contributed by atoms with E-state index in [1.54, 1.807) is 24.3 Å². The first-order chi connectivity index (χ1) is 8.13. The molecule has 0 atom stereocenters. The van der Waals surface area contributed by atoms with Crippen molar-refractivity contribution >= 4 is 24.5 Å². The van der Waals surface area contributed by atoms with Gasteiger partial charge in [0.05, 0.1) is 7.11 Å². The van der Waals surface area contributed by atoms with Crippen molar-refractivity contribution in [3.05, 3.63) is 29.8 Å². The van der Waals surface area contributed by atoms with Gasteiger partial charge in [-0.05, 0) is 30.7 Å². The molecule has 92 valence electrons. The van der Waals surface area contributed by atoms with Gasteiger partial charge in [-0.25, -0.2) is 0 Å². The Hall–Kier alpha value is -1.49. The van der Waals surface area contributed by atoms with E-state index in [4.69, 9.17) is 0 Å². The van der Waals surface area contributed by atoms with Gasteiger partial charge in [-0.3, -0.25) is 9.59 Å². The summed E-state index contributed by atoms with van der Waals surface area (Å²) < 4.78 is 4.49. The van der Waals surface area contributed by atoms with Gasteiger partial charge in [0, 0.05) is 23.4 Å². The first-order valence-corrected chi connectivity index (χ1v) is 5.72. The second-order valence-corrected chi connectivity index (χ2v) is 4.00. The van der Waals surface area contributed by atoms with E-state index in [1.807, 2.05) is 0 Å². The topological polar surface area (TPSA) is 55.4 Å². The average Bonchev–Trinajstić information content (AvgIpc) is 2.34. The molecule has 0 unspecified atom stereocenters. The van der Waals surface area contributed by atoms with Crippen LogP contribution >= 0.6 is 12.6 Å². The number of hydrogen-bond donors (Lipinski definition) is 2. The van der Waals surface area contributed by atoms with E-state index in [0.717, 1.165) is 4.90 Å². The molecule has 0 spiro atoms. The lowest BCUT2D eigenvalue weighted by Crippen LogP contribution is -2.24. The molecule has 0 bridgehead atoms. The third-order valence-electron chi connectivity index (χ3n) is 2.20. The van der Waals surface area contributed by atoms with E-state index in [2.05, 4.69) is 22.7 Å². The molecule has 0 radical (unpaired) electrons. The third-order valence-corrected chi connectivity index (χ3v) is 2.50. The maximum Gasteiger partial charge on any atom is 0.305 e. The van der Waals surface area contributed by atoms with E-state index < -0.39 is 0 Å². The van der Waals surface area contributed by atoms with E-state index in [1.165, 1.54) is 7.11 Å². The Morgan fingerprint density at radius 2 is 1.94 bits per heavy atom. The van der Waals surface area contributed by atoms with Crippen molar-refractivity contribution in [2.75, 3.05) is 13.7 Å². The molecule has 0 aliphatic carbocycles. The predicted molar refractivity (Wildman–Crippen MR) is 67.3 cm³/mol. The summed E-state index contributed by atoms with van der Waals surface area (Å²) in [5.41, 5.74) is 0.584.